The number of halogens is 3. The van der Waals surface area contributed by atoms with E-state index in [1.54, 1.807) is 31.2 Å². The number of carbonyl (C=O) groups excluding carboxylic acids is 2. The monoisotopic (exact) mass is 671 g/mol. The van der Waals surface area contributed by atoms with Gasteiger partial charge in [0, 0.05) is 41.8 Å². The number of ketones is 1. The molecule has 0 saturated heterocycles. The minimum Gasteiger partial charge on any atom is -0.760 e. The number of carbonyl (C=O) groups is 2. The third-order valence-corrected chi connectivity index (χ3v) is 6.35. The van der Waals surface area contributed by atoms with Crippen molar-refractivity contribution in [1.82, 2.24) is 15.1 Å². The predicted octanol–water partition coefficient (Wildman–Crippen LogP) is 5.79. The second-order valence-corrected chi connectivity index (χ2v) is 10.5. The van der Waals surface area contributed by atoms with Gasteiger partial charge in [-0.15, -0.1) is 0 Å². The molecule has 1 unspecified atom stereocenters. The molecule has 0 spiro atoms. The summed E-state index contributed by atoms with van der Waals surface area (Å²) in [6, 6.07) is 21.9. The fourth-order valence-electron chi connectivity index (χ4n) is 4.15. The molecule has 47 heavy (non-hydrogen) atoms. The van der Waals surface area contributed by atoms with Crippen LogP contribution in [-0.4, -0.2) is 36.1 Å². The molecule has 0 fully saturated rings. The van der Waals surface area contributed by atoms with Crippen LogP contribution < -0.4 is 16.2 Å². The lowest BCUT2D eigenvalue weighted by atomic mass is 10.1. The molecule has 1 atom stereocenters. The van der Waals surface area contributed by atoms with E-state index in [0.29, 0.717) is 35.7 Å². The molecule has 0 aliphatic rings. The maximum atomic E-state index is 13.5. The SMILES string of the molecule is CC.CC(N)=NCc1cccc(CNC(=O)CCC(=O)c2ccc(-n3nc(C(F)(F)F)cc3-c3ccc(C)cc3)cc2)c1.NS(=O)[O-]. The van der Waals surface area contributed by atoms with Crippen LogP contribution >= 0.6 is 0 Å². The molecule has 1 heterocycles. The summed E-state index contributed by atoms with van der Waals surface area (Å²) < 4.78 is 59.2. The highest BCUT2D eigenvalue weighted by Crippen LogP contribution is 2.33. The lowest BCUT2D eigenvalue weighted by Gasteiger charge is -2.09. The number of hydrogen-bond acceptors (Lipinski definition) is 6. The molecule has 0 radical (unpaired) electrons. The van der Waals surface area contributed by atoms with Crippen molar-refractivity contribution >= 4 is 28.8 Å². The normalized spacial score (nSPS) is 11.8. The molecule has 14 heteroatoms. The fourth-order valence-corrected chi connectivity index (χ4v) is 4.15. The van der Waals surface area contributed by atoms with Gasteiger partial charge in [0.2, 0.25) is 5.91 Å². The number of amides is 1. The lowest BCUT2D eigenvalue weighted by Crippen LogP contribution is -2.23. The molecule has 3 aromatic carbocycles. The topological polar surface area (TPSA) is 169 Å². The summed E-state index contributed by atoms with van der Waals surface area (Å²) in [6.45, 7) is 8.37. The minimum atomic E-state index is -4.61. The Morgan fingerprint density at radius 2 is 1.57 bits per heavy atom. The highest BCUT2D eigenvalue weighted by Gasteiger charge is 2.35. The van der Waals surface area contributed by atoms with Gasteiger partial charge in [-0.1, -0.05) is 67.9 Å². The van der Waals surface area contributed by atoms with Crippen LogP contribution in [0.15, 0.2) is 83.9 Å². The van der Waals surface area contributed by atoms with E-state index in [2.05, 4.69) is 20.5 Å². The van der Waals surface area contributed by atoms with Crippen LogP contribution in [0.25, 0.3) is 16.9 Å². The summed E-state index contributed by atoms with van der Waals surface area (Å²) in [4.78, 5) is 29.3. The zero-order valence-corrected chi connectivity index (χ0v) is 27.3. The molecule has 10 nitrogen and oxygen atoms in total. The molecule has 4 aromatic rings. The number of rotatable bonds is 10. The molecule has 0 aliphatic carbocycles. The average molecular weight is 672 g/mol. The van der Waals surface area contributed by atoms with E-state index in [0.717, 1.165) is 22.8 Å². The molecule has 252 valence electrons. The molecule has 1 amide bonds. The standard InChI is InChI=1S/C31H30F3N5O2.C2H6.H3NO2S/c1-20-6-8-24(9-7-20)27-17-29(31(32,33)34)38-39(27)26-12-10-25(11-13-26)28(40)14-15-30(41)37-19-23-5-3-4-22(16-23)18-36-21(2)35;1-2;1-4(2)3/h3-13,16-17H,14-15,18-19H2,1-2H3,(H2,35,36)(H,37,41);1-2H3;1H2,(H,2,3)/p-1. The number of benzene rings is 3. The largest absolute Gasteiger partial charge is 0.760 e. The number of alkyl halides is 3. The van der Waals surface area contributed by atoms with Crippen molar-refractivity contribution in [2.45, 2.75) is 59.8 Å². The average Bonchev–Trinajstić information content (AvgIpc) is 3.49. The summed E-state index contributed by atoms with van der Waals surface area (Å²) in [5, 5.41) is 10.6. The Balaban J connectivity index is 0.00000119. The molecule has 5 N–H and O–H groups in total. The number of nitrogens with zero attached hydrogens (tertiary/aromatic N) is 3. The van der Waals surface area contributed by atoms with Crippen molar-refractivity contribution in [2.24, 2.45) is 15.9 Å². The van der Waals surface area contributed by atoms with Gasteiger partial charge in [0.1, 0.15) is 0 Å². The number of nitrogens with one attached hydrogen (secondary N) is 1. The summed E-state index contributed by atoms with van der Waals surface area (Å²) >= 11 is -2.36. The van der Waals surface area contributed by atoms with E-state index in [1.807, 2.05) is 57.2 Å². The molecule has 0 bridgehead atoms. The van der Waals surface area contributed by atoms with Gasteiger partial charge >= 0.3 is 6.18 Å². The smallest absolute Gasteiger partial charge is 0.435 e. The van der Waals surface area contributed by atoms with Crippen molar-refractivity contribution < 1.29 is 31.5 Å². The van der Waals surface area contributed by atoms with Crippen LogP contribution in [0.5, 0.6) is 0 Å². The van der Waals surface area contributed by atoms with Gasteiger partial charge in [-0.3, -0.25) is 23.9 Å². The number of aromatic nitrogens is 2. The second kappa shape index (κ2) is 18.5. The molecule has 1 aromatic heterocycles. The van der Waals surface area contributed by atoms with Crippen LogP contribution in [0.1, 0.15) is 66.4 Å². The Labute approximate surface area is 274 Å². The highest BCUT2D eigenvalue weighted by molar-refractivity contribution is 7.76. The van der Waals surface area contributed by atoms with Crippen LogP contribution in [0.3, 0.4) is 0 Å². The van der Waals surface area contributed by atoms with Crippen molar-refractivity contribution in [3.8, 4) is 16.9 Å². The Morgan fingerprint density at radius 3 is 2.15 bits per heavy atom. The Kier molecular flexibility index (Phi) is 15.1. The van der Waals surface area contributed by atoms with Gasteiger partial charge in [0.25, 0.3) is 0 Å². The van der Waals surface area contributed by atoms with E-state index in [9.17, 15) is 22.8 Å². The first kappa shape index (κ1) is 38.5. The number of aliphatic imine (C=N–C) groups is 1. The Morgan fingerprint density at radius 1 is 0.979 bits per heavy atom. The number of nitrogens with two attached hydrogens (primary N) is 2. The third kappa shape index (κ3) is 12.9. The van der Waals surface area contributed by atoms with E-state index in [4.69, 9.17) is 14.5 Å². The quantitative estimate of drug-likeness (QED) is 0.0835. The summed E-state index contributed by atoms with van der Waals surface area (Å²) in [5.41, 5.74) is 9.01. The second-order valence-electron chi connectivity index (χ2n) is 9.98. The number of amidine groups is 1. The fraction of sp³-hybridized carbons (Fsp3) is 0.273. The zero-order chi connectivity index (χ0) is 35.1. The van der Waals surface area contributed by atoms with E-state index >= 15 is 0 Å². The first-order valence-corrected chi connectivity index (χ1v) is 15.7. The summed E-state index contributed by atoms with van der Waals surface area (Å²) in [6.07, 6.45) is -4.62. The van der Waals surface area contributed by atoms with Gasteiger partial charge in [-0.25, -0.2) is 4.68 Å². The van der Waals surface area contributed by atoms with E-state index < -0.39 is 23.1 Å². The summed E-state index contributed by atoms with van der Waals surface area (Å²) in [7, 11) is 0. The van der Waals surface area contributed by atoms with Crippen molar-refractivity contribution in [3.63, 3.8) is 0 Å². The van der Waals surface area contributed by atoms with Crippen LogP contribution in [0.2, 0.25) is 0 Å². The number of hydrogen-bond donors (Lipinski definition) is 3. The Bertz CT molecular complexity index is 1660. The number of Topliss-reactive ketones (excluding diaryl/α,β-unsaturated/α-hetero) is 1. The van der Waals surface area contributed by atoms with Crippen LogP contribution in [0.4, 0.5) is 13.2 Å². The molecule has 0 aliphatic heterocycles. The minimum absolute atomic E-state index is 0.00259. The molecular weight excluding hydrogens is 633 g/mol. The van der Waals surface area contributed by atoms with Crippen LogP contribution in [-0.2, 0) is 35.3 Å². The molecule has 0 saturated carbocycles. The van der Waals surface area contributed by atoms with Gasteiger partial charge < -0.3 is 15.6 Å². The maximum Gasteiger partial charge on any atom is 0.435 e. The maximum absolute atomic E-state index is 13.5. The molecular formula is C33H38F3N6O4S-. The van der Waals surface area contributed by atoms with Gasteiger partial charge in [0.15, 0.2) is 11.5 Å². The van der Waals surface area contributed by atoms with Crippen LogP contribution in [0, 0.1) is 6.92 Å². The first-order chi connectivity index (χ1) is 22.2. The van der Waals surface area contributed by atoms with Gasteiger partial charge in [-0.05, 0) is 55.3 Å². The van der Waals surface area contributed by atoms with Gasteiger partial charge in [-0.2, -0.15) is 18.3 Å². The Hall–Kier alpha value is -4.66. The van der Waals surface area contributed by atoms with Crippen molar-refractivity contribution in [2.75, 3.05) is 0 Å². The zero-order valence-electron chi connectivity index (χ0n) is 26.5. The van der Waals surface area contributed by atoms with Gasteiger partial charge in [0.05, 0.1) is 23.8 Å². The predicted molar refractivity (Wildman–Crippen MR) is 176 cm³/mol. The number of aryl methyl sites for hydroxylation is 1. The van der Waals surface area contributed by atoms with Crippen molar-refractivity contribution in [1.29, 1.82) is 0 Å². The third-order valence-electron chi connectivity index (χ3n) is 6.35. The first-order valence-electron chi connectivity index (χ1n) is 14.6. The lowest BCUT2D eigenvalue weighted by molar-refractivity contribution is -0.141. The van der Waals surface area contributed by atoms with E-state index in [1.165, 1.54) is 16.8 Å². The molecule has 4 rings (SSSR count). The van der Waals surface area contributed by atoms with Crippen molar-refractivity contribution in [3.05, 3.63) is 107 Å². The van der Waals surface area contributed by atoms with E-state index in [-0.39, 0.29) is 30.2 Å². The highest BCUT2D eigenvalue weighted by atomic mass is 32.2. The summed E-state index contributed by atoms with van der Waals surface area (Å²) in [5.74, 6) is -0.0268.